The minimum Gasteiger partial charge on any atom is -0.423 e. The lowest BCUT2D eigenvalue weighted by molar-refractivity contribution is 0.181. The van der Waals surface area contributed by atoms with Crippen LogP contribution < -0.4 is 10.0 Å². The summed E-state index contributed by atoms with van der Waals surface area (Å²) in [6.07, 6.45) is 1.43. The van der Waals surface area contributed by atoms with Crippen molar-refractivity contribution in [2.45, 2.75) is 0 Å². The molecule has 0 aliphatic heterocycles. The van der Waals surface area contributed by atoms with Crippen molar-refractivity contribution in [1.82, 2.24) is 5.48 Å². The average molecular weight is 307 g/mol. The van der Waals surface area contributed by atoms with Gasteiger partial charge in [-0.1, -0.05) is 24.3 Å². The van der Waals surface area contributed by atoms with E-state index in [0.29, 0.717) is 0 Å². The smallest absolute Gasteiger partial charge is 0.407 e. The molecule has 0 fully saturated rings. The van der Waals surface area contributed by atoms with Gasteiger partial charge in [0.05, 0.1) is 0 Å². The van der Waals surface area contributed by atoms with Crippen molar-refractivity contribution in [3.05, 3.63) is 43.0 Å². The van der Waals surface area contributed by atoms with E-state index in [2.05, 4.69) is 12.1 Å². The van der Waals surface area contributed by atoms with Crippen LogP contribution in [0.3, 0.4) is 0 Å². The fourth-order valence-electron chi connectivity index (χ4n) is 1.14. The third kappa shape index (κ3) is 6.68. The molecule has 1 rings (SSSR count). The second-order valence-electron chi connectivity index (χ2n) is 3.55. The van der Waals surface area contributed by atoms with Gasteiger partial charge in [0.25, 0.3) is 0 Å². The maximum absolute atomic E-state index is 12.2. The van der Waals surface area contributed by atoms with Crippen molar-refractivity contribution < 1.29 is 28.1 Å². The molecule has 0 aliphatic rings. The molecule has 0 radical (unpaired) electrons. The van der Waals surface area contributed by atoms with E-state index >= 15 is 0 Å². The molecule has 1 atom stereocenters. The Hall–Kier alpha value is -0.940. The molecule has 0 bridgehead atoms. The van der Waals surface area contributed by atoms with Gasteiger partial charge in [0.15, 0.2) is 5.90 Å². The Morgan fingerprint density at radius 2 is 1.89 bits per heavy atom. The van der Waals surface area contributed by atoms with Crippen LogP contribution in [0.4, 0.5) is 0 Å². The Balaban J connectivity index is 2.82. The summed E-state index contributed by atoms with van der Waals surface area (Å²) >= 11 is 0. The van der Waals surface area contributed by atoms with E-state index in [0.717, 1.165) is 0 Å². The van der Waals surface area contributed by atoms with Crippen LogP contribution in [0.15, 0.2) is 43.0 Å². The van der Waals surface area contributed by atoms with Crippen molar-refractivity contribution in [2.75, 3.05) is 12.4 Å². The third-order valence-electron chi connectivity index (χ3n) is 1.78. The number of hydroxylamine groups is 1. The molecule has 3 N–H and O–H groups in total. The first-order valence-electron chi connectivity index (χ1n) is 5.25. The summed E-state index contributed by atoms with van der Waals surface area (Å²) in [4.78, 5) is 17.8. The van der Waals surface area contributed by atoms with Crippen LogP contribution in [-0.4, -0.2) is 22.2 Å². The minimum atomic E-state index is -4.55. The topological polar surface area (TPSA) is 105 Å². The van der Waals surface area contributed by atoms with Crippen LogP contribution in [0.5, 0.6) is 5.75 Å². The van der Waals surface area contributed by atoms with Crippen LogP contribution in [0.25, 0.3) is 0 Å². The summed E-state index contributed by atoms with van der Waals surface area (Å²) in [7, 11) is -8.57. The molecule has 0 saturated heterocycles. The first-order chi connectivity index (χ1) is 8.85. The molecular weight excluding hydrogens is 292 g/mol. The molecule has 0 saturated carbocycles. The number of hydrogen-bond donors (Lipinski definition) is 3. The lowest BCUT2D eigenvalue weighted by Crippen LogP contribution is -2.16. The predicted molar refractivity (Wildman–Crippen MR) is 70.9 cm³/mol. The van der Waals surface area contributed by atoms with E-state index in [-0.39, 0.29) is 12.3 Å². The standard InChI is InChI=1S/C10H15NO6P2/c1-2-8-11-17-19(15,9-18(12,13)14)16-10-6-4-3-5-7-10/h2-7,11H,1,8-9H2,(H2,12,13,14). The highest BCUT2D eigenvalue weighted by Crippen LogP contribution is 2.58. The quantitative estimate of drug-likeness (QED) is 0.292. The first-order valence-corrected chi connectivity index (χ1v) is 8.78. The molecule has 1 unspecified atom stereocenters. The highest BCUT2D eigenvalue weighted by atomic mass is 31.2. The monoisotopic (exact) mass is 307 g/mol. The summed E-state index contributed by atoms with van der Waals surface area (Å²) in [6, 6.07) is 7.99. The molecule has 0 amide bonds. The molecule has 1 aromatic rings. The molecule has 0 heterocycles. The lowest BCUT2D eigenvalue weighted by atomic mass is 10.3. The van der Waals surface area contributed by atoms with E-state index < -0.39 is 21.1 Å². The van der Waals surface area contributed by atoms with Gasteiger partial charge in [0.1, 0.15) is 5.75 Å². The molecule has 0 aromatic heterocycles. The van der Waals surface area contributed by atoms with Crippen molar-refractivity contribution in [3.8, 4) is 5.75 Å². The van der Waals surface area contributed by atoms with Crippen LogP contribution in [-0.2, 0) is 13.8 Å². The van der Waals surface area contributed by atoms with Crippen LogP contribution in [0.2, 0.25) is 0 Å². The zero-order valence-corrected chi connectivity index (χ0v) is 11.8. The van der Waals surface area contributed by atoms with Gasteiger partial charge in [-0.2, -0.15) is 5.48 Å². The molecule has 9 heteroatoms. The molecule has 106 valence electrons. The van der Waals surface area contributed by atoms with E-state index in [4.69, 9.17) is 18.9 Å². The van der Waals surface area contributed by atoms with Gasteiger partial charge in [-0.25, -0.2) is 9.19 Å². The van der Waals surface area contributed by atoms with Gasteiger partial charge < -0.3 is 14.3 Å². The van der Waals surface area contributed by atoms with Gasteiger partial charge in [-0.05, 0) is 12.1 Å². The zero-order chi connectivity index (χ0) is 14.4. The number of para-hydroxylation sites is 1. The largest absolute Gasteiger partial charge is 0.423 e. The van der Waals surface area contributed by atoms with Gasteiger partial charge in [0, 0.05) is 6.54 Å². The van der Waals surface area contributed by atoms with Gasteiger partial charge in [0.2, 0.25) is 0 Å². The third-order valence-corrected chi connectivity index (χ3v) is 5.53. The normalized spacial score (nSPS) is 14.6. The summed E-state index contributed by atoms with van der Waals surface area (Å²) in [5, 5.41) is 0. The minimum absolute atomic E-state index is 0.156. The van der Waals surface area contributed by atoms with Gasteiger partial charge >= 0.3 is 15.2 Å². The number of rotatable bonds is 8. The first kappa shape index (κ1) is 16.1. The fourth-order valence-corrected chi connectivity index (χ4v) is 4.16. The van der Waals surface area contributed by atoms with Crippen LogP contribution in [0, 0.1) is 0 Å². The molecular formula is C10H15NO6P2. The van der Waals surface area contributed by atoms with E-state index in [1.807, 2.05) is 0 Å². The Morgan fingerprint density at radius 1 is 1.26 bits per heavy atom. The van der Waals surface area contributed by atoms with Crippen molar-refractivity contribution in [2.24, 2.45) is 0 Å². The highest BCUT2D eigenvalue weighted by Gasteiger charge is 2.36. The summed E-state index contributed by atoms with van der Waals surface area (Å²) in [5.41, 5.74) is 2.27. The maximum atomic E-state index is 12.2. The number of nitrogens with one attached hydrogen (secondary N) is 1. The molecule has 19 heavy (non-hydrogen) atoms. The summed E-state index contributed by atoms with van der Waals surface area (Å²) in [6.45, 7) is 3.57. The molecule has 0 aliphatic carbocycles. The van der Waals surface area contributed by atoms with Crippen molar-refractivity contribution in [1.29, 1.82) is 0 Å². The maximum Gasteiger partial charge on any atom is 0.407 e. The van der Waals surface area contributed by atoms with E-state index in [1.54, 1.807) is 18.2 Å². The zero-order valence-electron chi connectivity index (χ0n) is 10.0. The second-order valence-corrected chi connectivity index (χ2v) is 7.60. The van der Waals surface area contributed by atoms with Crippen molar-refractivity contribution in [3.63, 3.8) is 0 Å². The average Bonchev–Trinajstić information content (AvgIpc) is 2.27. The molecule has 7 nitrogen and oxygen atoms in total. The second kappa shape index (κ2) is 7.01. The Labute approximate surface area is 110 Å². The highest BCUT2D eigenvalue weighted by molar-refractivity contribution is 7.70. The van der Waals surface area contributed by atoms with Crippen LogP contribution >= 0.6 is 15.2 Å². The van der Waals surface area contributed by atoms with E-state index in [9.17, 15) is 9.13 Å². The fraction of sp³-hybridized carbons (Fsp3) is 0.200. The SMILES string of the molecule is C=CCNOP(=O)(CP(=O)(O)O)Oc1ccccc1. The molecule has 1 aromatic carbocycles. The summed E-state index contributed by atoms with van der Waals surface area (Å²) < 4.78 is 33.1. The Bertz CT molecular complexity index is 500. The number of hydrogen-bond acceptors (Lipinski definition) is 5. The molecule has 0 spiro atoms. The van der Waals surface area contributed by atoms with Gasteiger partial charge in [-0.15, -0.1) is 6.58 Å². The summed E-state index contributed by atoms with van der Waals surface area (Å²) in [5.74, 6) is -0.821. The van der Waals surface area contributed by atoms with Crippen molar-refractivity contribution >= 4 is 15.2 Å². The Morgan fingerprint density at radius 3 is 2.42 bits per heavy atom. The van der Waals surface area contributed by atoms with E-state index in [1.165, 1.54) is 18.2 Å². The Kier molecular flexibility index (Phi) is 5.94. The lowest BCUT2D eigenvalue weighted by Gasteiger charge is -2.19. The van der Waals surface area contributed by atoms with Crippen LogP contribution in [0.1, 0.15) is 0 Å². The van der Waals surface area contributed by atoms with Gasteiger partial charge in [-0.3, -0.25) is 4.57 Å². The number of benzene rings is 1. The predicted octanol–water partition coefficient (Wildman–Crippen LogP) is 2.10.